The molecule has 0 bridgehead atoms. The number of hydrogen-bond donors (Lipinski definition) is 2. The lowest BCUT2D eigenvalue weighted by Gasteiger charge is -2.11. The van der Waals surface area contributed by atoms with Crippen LogP contribution >= 0.6 is 15.9 Å². The van der Waals surface area contributed by atoms with Gasteiger partial charge in [0.15, 0.2) is 0 Å². The van der Waals surface area contributed by atoms with Gasteiger partial charge in [-0.2, -0.15) is 0 Å². The van der Waals surface area contributed by atoms with E-state index in [1.165, 1.54) is 18.4 Å². The largest absolute Gasteiger partial charge is 0.383 e. The van der Waals surface area contributed by atoms with Gasteiger partial charge in [0.1, 0.15) is 5.82 Å². The number of nitrogens with zero attached hydrogens (tertiary/aromatic N) is 1. The highest BCUT2D eigenvalue weighted by Gasteiger charge is 2.20. The number of methoxy groups -OCH3 is 1. The van der Waals surface area contributed by atoms with Crippen LogP contribution in [0.5, 0.6) is 0 Å². The molecule has 1 heterocycles. The van der Waals surface area contributed by atoms with Gasteiger partial charge in [-0.25, -0.2) is 4.98 Å². The smallest absolute Gasteiger partial charge is 0.130 e. The van der Waals surface area contributed by atoms with E-state index in [0.717, 1.165) is 23.4 Å². The summed E-state index contributed by atoms with van der Waals surface area (Å²) in [4.78, 5) is 4.39. The number of rotatable bonds is 7. The second-order valence-corrected chi connectivity index (χ2v) is 5.15. The van der Waals surface area contributed by atoms with Crippen LogP contribution in [0.15, 0.2) is 16.7 Å². The topological polar surface area (TPSA) is 46.2 Å². The Labute approximate surface area is 110 Å². The molecule has 0 aliphatic heterocycles. The van der Waals surface area contributed by atoms with E-state index in [9.17, 15) is 0 Å². The molecule has 1 aliphatic carbocycles. The maximum Gasteiger partial charge on any atom is 0.130 e. The molecule has 1 aromatic heterocycles. The van der Waals surface area contributed by atoms with Crippen molar-refractivity contribution in [2.24, 2.45) is 0 Å². The Morgan fingerprint density at radius 1 is 1.53 bits per heavy atom. The molecule has 0 saturated heterocycles. The Morgan fingerprint density at radius 2 is 2.35 bits per heavy atom. The lowest BCUT2D eigenvalue weighted by molar-refractivity contribution is 0.210. The fourth-order valence-electron chi connectivity index (χ4n) is 1.59. The van der Waals surface area contributed by atoms with E-state index in [4.69, 9.17) is 4.74 Å². The summed E-state index contributed by atoms with van der Waals surface area (Å²) in [5.41, 5.74) is 1.20. The standard InChI is InChI=1S/C12H18BrN3O/c1-17-5-4-14-12-9(6-10(13)8-16-12)7-15-11-2-3-11/h6,8,11,15H,2-5,7H2,1H3,(H,14,16). The summed E-state index contributed by atoms with van der Waals surface area (Å²) in [6.45, 7) is 2.33. The quantitative estimate of drug-likeness (QED) is 0.758. The van der Waals surface area contributed by atoms with Crippen molar-refractivity contribution in [1.82, 2.24) is 10.3 Å². The first kappa shape index (κ1) is 12.8. The second-order valence-electron chi connectivity index (χ2n) is 4.24. The third kappa shape index (κ3) is 4.26. The molecule has 5 heteroatoms. The van der Waals surface area contributed by atoms with E-state index in [1.54, 1.807) is 7.11 Å². The highest BCUT2D eigenvalue weighted by molar-refractivity contribution is 9.10. The summed E-state index contributed by atoms with van der Waals surface area (Å²) in [6, 6.07) is 2.82. The Kier molecular flexibility index (Phi) is 4.76. The van der Waals surface area contributed by atoms with Crippen molar-refractivity contribution < 1.29 is 4.74 Å². The molecular weight excluding hydrogens is 282 g/mol. The Morgan fingerprint density at radius 3 is 3.06 bits per heavy atom. The molecule has 1 aliphatic rings. The number of pyridine rings is 1. The van der Waals surface area contributed by atoms with Crippen molar-refractivity contribution in [3.05, 3.63) is 22.3 Å². The van der Waals surface area contributed by atoms with Crippen LogP contribution < -0.4 is 10.6 Å². The first-order chi connectivity index (χ1) is 8.29. The molecule has 1 aromatic rings. The van der Waals surface area contributed by atoms with Crippen LogP contribution in [0.2, 0.25) is 0 Å². The fraction of sp³-hybridized carbons (Fsp3) is 0.583. The van der Waals surface area contributed by atoms with Crippen molar-refractivity contribution in [2.75, 3.05) is 25.6 Å². The van der Waals surface area contributed by atoms with Crippen molar-refractivity contribution >= 4 is 21.7 Å². The number of nitrogens with one attached hydrogen (secondary N) is 2. The number of anilines is 1. The molecule has 94 valence electrons. The summed E-state index contributed by atoms with van der Waals surface area (Å²) in [6.07, 6.45) is 4.41. The van der Waals surface area contributed by atoms with Gasteiger partial charge >= 0.3 is 0 Å². The van der Waals surface area contributed by atoms with E-state index in [2.05, 4.69) is 37.6 Å². The highest BCUT2D eigenvalue weighted by atomic mass is 79.9. The van der Waals surface area contributed by atoms with Gasteiger partial charge in [0.05, 0.1) is 6.61 Å². The van der Waals surface area contributed by atoms with Crippen LogP contribution in [0.4, 0.5) is 5.82 Å². The third-order valence-electron chi connectivity index (χ3n) is 2.69. The van der Waals surface area contributed by atoms with E-state index in [0.29, 0.717) is 12.6 Å². The summed E-state index contributed by atoms with van der Waals surface area (Å²) in [5, 5.41) is 6.79. The summed E-state index contributed by atoms with van der Waals surface area (Å²) >= 11 is 3.46. The monoisotopic (exact) mass is 299 g/mol. The number of hydrogen-bond acceptors (Lipinski definition) is 4. The first-order valence-corrected chi connectivity index (χ1v) is 6.69. The number of ether oxygens (including phenoxy) is 1. The van der Waals surface area contributed by atoms with Crippen molar-refractivity contribution in [3.63, 3.8) is 0 Å². The van der Waals surface area contributed by atoms with Gasteiger partial charge in [-0.1, -0.05) is 0 Å². The second kappa shape index (κ2) is 6.33. The van der Waals surface area contributed by atoms with Gasteiger partial charge in [0.25, 0.3) is 0 Å². The van der Waals surface area contributed by atoms with Crippen molar-refractivity contribution in [2.45, 2.75) is 25.4 Å². The molecule has 2 N–H and O–H groups in total. The normalized spacial score (nSPS) is 14.9. The number of halogens is 1. The SMILES string of the molecule is COCCNc1ncc(Br)cc1CNC1CC1. The molecule has 1 fully saturated rings. The van der Waals surface area contributed by atoms with Gasteiger partial charge in [-0.05, 0) is 34.8 Å². The van der Waals surface area contributed by atoms with E-state index in [-0.39, 0.29) is 0 Å². The highest BCUT2D eigenvalue weighted by Crippen LogP contribution is 2.22. The predicted molar refractivity (Wildman–Crippen MR) is 72.2 cm³/mol. The van der Waals surface area contributed by atoms with Gasteiger partial charge in [0.2, 0.25) is 0 Å². The van der Waals surface area contributed by atoms with Gasteiger partial charge in [0, 0.05) is 42.5 Å². The Bertz CT molecular complexity index is 369. The summed E-state index contributed by atoms with van der Waals surface area (Å²) < 4.78 is 6.04. The molecule has 0 radical (unpaired) electrons. The average Bonchev–Trinajstić information content (AvgIpc) is 3.13. The lowest BCUT2D eigenvalue weighted by Crippen LogP contribution is -2.18. The van der Waals surface area contributed by atoms with Gasteiger partial charge < -0.3 is 15.4 Å². The van der Waals surface area contributed by atoms with E-state index in [1.807, 2.05) is 6.20 Å². The molecule has 17 heavy (non-hydrogen) atoms. The lowest BCUT2D eigenvalue weighted by atomic mass is 10.2. The van der Waals surface area contributed by atoms with Crippen LogP contribution in [-0.2, 0) is 11.3 Å². The molecule has 0 spiro atoms. The maximum atomic E-state index is 5.02. The van der Waals surface area contributed by atoms with Crippen molar-refractivity contribution in [1.29, 1.82) is 0 Å². The molecular formula is C12H18BrN3O. The zero-order valence-electron chi connectivity index (χ0n) is 10.0. The van der Waals surface area contributed by atoms with Crippen LogP contribution in [0.3, 0.4) is 0 Å². The molecule has 0 unspecified atom stereocenters. The van der Waals surface area contributed by atoms with Crippen LogP contribution in [0, 0.1) is 0 Å². The average molecular weight is 300 g/mol. The zero-order valence-corrected chi connectivity index (χ0v) is 11.6. The molecule has 1 saturated carbocycles. The number of aromatic nitrogens is 1. The Hall–Kier alpha value is -0.650. The molecule has 4 nitrogen and oxygen atoms in total. The van der Waals surface area contributed by atoms with Crippen LogP contribution in [0.1, 0.15) is 18.4 Å². The Balaban J connectivity index is 1.95. The summed E-state index contributed by atoms with van der Waals surface area (Å²) in [5.74, 6) is 0.943. The van der Waals surface area contributed by atoms with Crippen molar-refractivity contribution in [3.8, 4) is 0 Å². The molecule has 0 aromatic carbocycles. The van der Waals surface area contributed by atoms with Gasteiger partial charge in [-0.15, -0.1) is 0 Å². The van der Waals surface area contributed by atoms with Crippen LogP contribution in [-0.4, -0.2) is 31.3 Å². The fourth-order valence-corrected chi connectivity index (χ4v) is 1.97. The molecule has 0 atom stereocenters. The zero-order chi connectivity index (χ0) is 12.1. The first-order valence-electron chi connectivity index (χ1n) is 5.90. The minimum atomic E-state index is 0.688. The molecule has 0 amide bonds. The molecule has 2 rings (SSSR count). The van der Waals surface area contributed by atoms with E-state index < -0.39 is 0 Å². The minimum absolute atomic E-state index is 0.688. The maximum absolute atomic E-state index is 5.02. The third-order valence-corrected chi connectivity index (χ3v) is 3.12. The summed E-state index contributed by atoms with van der Waals surface area (Å²) in [7, 11) is 1.70. The van der Waals surface area contributed by atoms with Gasteiger partial charge in [-0.3, -0.25) is 0 Å². The minimum Gasteiger partial charge on any atom is -0.383 e. The predicted octanol–water partition coefficient (Wildman–Crippen LogP) is 2.15. The van der Waals surface area contributed by atoms with Crippen LogP contribution in [0.25, 0.3) is 0 Å². The van der Waals surface area contributed by atoms with E-state index >= 15 is 0 Å².